The standard InChI is InChI=1S/C12H10F3N3/c13-12(14,15)8-3-1-7(2-4-8)10-9-5-6-16-11(9)18-17-10/h1-4H,5-6H2,(H2,16,17,18). The molecule has 94 valence electrons. The first-order chi connectivity index (χ1) is 8.55. The largest absolute Gasteiger partial charge is 0.416 e. The zero-order chi connectivity index (χ0) is 12.8. The molecular formula is C12H10F3N3. The minimum Gasteiger partial charge on any atom is -0.368 e. The smallest absolute Gasteiger partial charge is 0.368 e. The van der Waals surface area contributed by atoms with Gasteiger partial charge in [0.2, 0.25) is 0 Å². The number of H-pyrrole nitrogens is 1. The molecule has 2 aromatic rings. The monoisotopic (exact) mass is 253 g/mol. The van der Waals surface area contributed by atoms with Gasteiger partial charge in [-0.25, -0.2) is 0 Å². The maximum Gasteiger partial charge on any atom is 0.416 e. The van der Waals surface area contributed by atoms with Crippen molar-refractivity contribution in [2.45, 2.75) is 12.6 Å². The van der Waals surface area contributed by atoms with Crippen molar-refractivity contribution >= 4 is 5.82 Å². The van der Waals surface area contributed by atoms with Crippen LogP contribution in [0.4, 0.5) is 19.0 Å². The van der Waals surface area contributed by atoms with E-state index < -0.39 is 11.7 Å². The van der Waals surface area contributed by atoms with E-state index in [0.717, 1.165) is 47.7 Å². The van der Waals surface area contributed by atoms with Crippen LogP contribution in [0.2, 0.25) is 0 Å². The van der Waals surface area contributed by atoms with Crippen LogP contribution in [0, 0.1) is 0 Å². The van der Waals surface area contributed by atoms with Crippen LogP contribution in [0.3, 0.4) is 0 Å². The third-order valence-electron chi connectivity index (χ3n) is 3.04. The first-order valence-corrected chi connectivity index (χ1v) is 5.54. The molecule has 3 nitrogen and oxygen atoms in total. The number of hydrogen-bond acceptors (Lipinski definition) is 2. The number of fused-ring (bicyclic) bond motifs is 1. The van der Waals surface area contributed by atoms with Gasteiger partial charge in [-0.1, -0.05) is 12.1 Å². The predicted molar refractivity (Wildman–Crippen MR) is 61.2 cm³/mol. The second-order valence-electron chi connectivity index (χ2n) is 4.18. The number of nitrogens with one attached hydrogen (secondary N) is 2. The molecule has 0 amide bonds. The van der Waals surface area contributed by atoms with E-state index >= 15 is 0 Å². The van der Waals surface area contributed by atoms with Gasteiger partial charge in [-0.15, -0.1) is 0 Å². The Morgan fingerprint density at radius 3 is 2.50 bits per heavy atom. The lowest BCUT2D eigenvalue weighted by Gasteiger charge is -2.07. The van der Waals surface area contributed by atoms with Gasteiger partial charge >= 0.3 is 6.18 Å². The summed E-state index contributed by atoms with van der Waals surface area (Å²) in [5, 5.41) is 10.0. The van der Waals surface area contributed by atoms with Crippen LogP contribution >= 0.6 is 0 Å². The molecule has 0 saturated carbocycles. The lowest BCUT2D eigenvalue weighted by Crippen LogP contribution is -2.04. The van der Waals surface area contributed by atoms with E-state index in [0.29, 0.717) is 0 Å². The minimum atomic E-state index is -4.30. The molecule has 2 heterocycles. The van der Waals surface area contributed by atoms with E-state index in [4.69, 9.17) is 0 Å². The molecule has 1 aliphatic heterocycles. The molecule has 2 N–H and O–H groups in total. The summed E-state index contributed by atoms with van der Waals surface area (Å²) in [5.41, 5.74) is 1.92. The average Bonchev–Trinajstić information content (AvgIpc) is 2.89. The Morgan fingerprint density at radius 1 is 1.11 bits per heavy atom. The molecule has 1 aromatic carbocycles. The third-order valence-corrected chi connectivity index (χ3v) is 3.04. The van der Waals surface area contributed by atoms with Gasteiger partial charge < -0.3 is 5.32 Å². The Morgan fingerprint density at radius 2 is 1.83 bits per heavy atom. The molecule has 1 aromatic heterocycles. The summed E-state index contributed by atoms with van der Waals surface area (Å²) in [7, 11) is 0. The summed E-state index contributed by atoms with van der Waals surface area (Å²) >= 11 is 0. The summed E-state index contributed by atoms with van der Waals surface area (Å²) in [6.07, 6.45) is -3.46. The first kappa shape index (κ1) is 11.1. The molecule has 0 radical (unpaired) electrons. The van der Waals surface area contributed by atoms with Crippen molar-refractivity contribution in [2.24, 2.45) is 0 Å². The number of alkyl halides is 3. The van der Waals surface area contributed by atoms with E-state index in [1.807, 2.05) is 0 Å². The summed E-state index contributed by atoms with van der Waals surface area (Å²) in [6.45, 7) is 0.819. The van der Waals surface area contributed by atoms with Crippen molar-refractivity contribution in [3.05, 3.63) is 35.4 Å². The number of hydrogen-bond donors (Lipinski definition) is 2. The van der Waals surface area contributed by atoms with Crippen molar-refractivity contribution in [1.82, 2.24) is 10.2 Å². The Balaban J connectivity index is 1.98. The van der Waals surface area contributed by atoms with E-state index in [-0.39, 0.29) is 0 Å². The SMILES string of the molecule is FC(F)(F)c1ccc(-c2[nH]nc3c2CCN3)cc1. The maximum absolute atomic E-state index is 12.5. The Hall–Kier alpha value is -1.98. The number of aromatic amines is 1. The molecule has 0 saturated heterocycles. The predicted octanol–water partition coefficient (Wildman–Crippen LogP) is 3.06. The van der Waals surface area contributed by atoms with E-state index in [2.05, 4.69) is 15.5 Å². The number of anilines is 1. The molecule has 0 fully saturated rings. The van der Waals surface area contributed by atoms with E-state index in [1.165, 1.54) is 12.1 Å². The van der Waals surface area contributed by atoms with Crippen molar-refractivity contribution in [3.8, 4) is 11.3 Å². The number of benzene rings is 1. The number of rotatable bonds is 1. The minimum absolute atomic E-state index is 0.638. The van der Waals surface area contributed by atoms with Crippen molar-refractivity contribution in [1.29, 1.82) is 0 Å². The number of nitrogens with zero attached hydrogens (tertiary/aromatic N) is 1. The van der Waals surface area contributed by atoms with Crippen LogP contribution in [-0.4, -0.2) is 16.7 Å². The molecule has 0 aliphatic carbocycles. The lowest BCUT2D eigenvalue weighted by atomic mass is 10.0. The lowest BCUT2D eigenvalue weighted by molar-refractivity contribution is -0.137. The van der Waals surface area contributed by atoms with Crippen LogP contribution in [0.15, 0.2) is 24.3 Å². The summed E-state index contributed by atoms with van der Waals surface area (Å²) in [5.74, 6) is 0.796. The molecule has 3 rings (SSSR count). The van der Waals surface area contributed by atoms with Crippen LogP contribution in [-0.2, 0) is 12.6 Å². The van der Waals surface area contributed by atoms with Gasteiger partial charge in [-0.2, -0.15) is 18.3 Å². The molecule has 18 heavy (non-hydrogen) atoms. The van der Waals surface area contributed by atoms with Gasteiger partial charge in [-0.05, 0) is 24.1 Å². The molecule has 0 spiro atoms. The van der Waals surface area contributed by atoms with Gasteiger partial charge in [-0.3, -0.25) is 5.10 Å². The van der Waals surface area contributed by atoms with Crippen molar-refractivity contribution in [3.63, 3.8) is 0 Å². The van der Waals surface area contributed by atoms with Gasteiger partial charge in [0.15, 0.2) is 5.82 Å². The second kappa shape index (κ2) is 3.76. The maximum atomic E-state index is 12.5. The van der Waals surface area contributed by atoms with Crippen LogP contribution in [0.25, 0.3) is 11.3 Å². The van der Waals surface area contributed by atoms with Crippen LogP contribution in [0.1, 0.15) is 11.1 Å². The third kappa shape index (κ3) is 1.73. The Labute approximate surface area is 101 Å². The molecule has 6 heteroatoms. The second-order valence-corrected chi connectivity index (χ2v) is 4.18. The molecule has 1 aliphatic rings. The number of aromatic nitrogens is 2. The van der Waals surface area contributed by atoms with Crippen molar-refractivity contribution in [2.75, 3.05) is 11.9 Å². The van der Waals surface area contributed by atoms with Gasteiger partial charge in [0.05, 0.1) is 11.3 Å². The molecular weight excluding hydrogens is 243 g/mol. The quantitative estimate of drug-likeness (QED) is 0.820. The van der Waals surface area contributed by atoms with Crippen LogP contribution < -0.4 is 5.32 Å². The fourth-order valence-electron chi connectivity index (χ4n) is 2.13. The fraction of sp³-hybridized carbons (Fsp3) is 0.250. The highest BCUT2D eigenvalue weighted by Crippen LogP contribution is 2.33. The van der Waals surface area contributed by atoms with Gasteiger partial charge in [0, 0.05) is 12.1 Å². The average molecular weight is 253 g/mol. The fourth-order valence-corrected chi connectivity index (χ4v) is 2.13. The number of halogens is 3. The highest BCUT2D eigenvalue weighted by atomic mass is 19.4. The zero-order valence-corrected chi connectivity index (χ0v) is 9.30. The Bertz CT molecular complexity index is 569. The highest BCUT2D eigenvalue weighted by Gasteiger charge is 2.30. The highest BCUT2D eigenvalue weighted by molar-refractivity contribution is 5.70. The van der Waals surface area contributed by atoms with Crippen molar-refractivity contribution < 1.29 is 13.2 Å². The van der Waals surface area contributed by atoms with E-state index in [9.17, 15) is 13.2 Å². The van der Waals surface area contributed by atoms with Gasteiger partial charge in [0.25, 0.3) is 0 Å². The molecule has 0 atom stereocenters. The van der Waals surface area contributed by atoms with E-state index in [1.54, 1.807) is 0 Å². The van der Waals surface area contributed by atoms with Gasteiger partial charge in [0.1, 0.15) is 0 Å². The molecule has 0 unspecified atom stereocenters. The summed E-state index contributed by atoms with van der Waals surface area (Å²) < 4.78 is 37.4. The van der Waals surface area contributed by atoms with Crippen LogP contribution in [0.5, 0.6) is 0 Å². The molecule has 0 bridgehead atoms. The normalized spacial score (nSPS) is 14.4. The summed E-state index contributed by atoms with van der Waals surface area (Å²) in [4.78, 5) is 0. The summed E-state index contributed by atoms with van der Waals surface area (Å²) in [6, 6.07) is 5.11. The topological polar surface area (TPSA) is 40.7 Å². The first-order valence-electron chi connectivity index (χ1n) is 5.54. The zero-order valence-electron chi connectivity index (χ0n) is 9.30. The Kier molecular flexibility index (Phi) is 2.33.